The number of esters is 1. The molecule has 188 valence electrons. The SMILES string of the molecule is CC(C)c1ccc(OC(=O)CCC(C)(C)C)c(NC(=O)OCC2c3ccccc3-c3ccccc32)c1. The number of ether oxygens (including phenoxy) is 2. The zero-order valence-electron chi connectivity index (χ0n) is 21.8. The Kier molecular flexibility index (Phi) is 7.48. The van der Waals surface area contributed by atoms with Crippen molar-refractivity contribution in [2.45, 2.75) is 59.3 Å². The van der Waals surface area contributed by atoms with Gasteiger partial charge in [-0.2, -0.15) is 0 Å². The van der Waals surface area contributed by atoms with Crippen LogP contribution < -0.4 is 10.1 Å². The van der Waals surface area contributed by atoms with Gasteiger partial charge in [0.15, 0.2) is 5.75 Å². The van der Waals surface area contributed by atoms with Crippen molar-refractivity contribution < 1.29 is 19.1 Å². The molecule has 1 aliphatic rings. The number of hydrogen-bond donors (Lipinski definition) is 1. The summed E-state index contributed by atoms with van der Waals surface area (Å²) in [7, 11) is 0. The molecule has 0 atom stereocenters. The fourth-order valence-corrected chi connectivity index (χ4v) is 4.49. The van der Waals surface area contributed by atoms with E-state index in [4.69, 9.17) is 9.47 Å². The molecule has 0 unspecified atom stereocenters. The summed E-state index contributed by atoms with van der Waals surface area (Å²) in [4.78, 5) is 25.4. The first kappa shape index (κ1) is 25.5. The van der Waals surface area contributed by atoms with Gasteiger partial charge in [-0.15, -0.1) is 0 Å². The molecule has 0 aromatic heterocycles. The second kappa shape index (κ2) is 10.6. The van der Waals surface area contributed by atoms with Crippen LogP contribution in [0.2, 0.25) is 0 Å². The van der Waals surface area contributed by atoms with E-state index >= 15 is 0 Å². The van der Waals surface area contributed by atoms with Crippen molar-refractivity contribution in [1.82, 2.24) is 0 Å². The van der Waals surface area contributed by atoms with E-state index in [1.807, 2.05) is 36.4 Å². The summed E-state index contributed by atoms with van der Waals surface area (Å²) in [6.45, 7) is 10.6. The van der Waals surface area contributed by atoms with Gasteiger partial charge in [-0.05, 0) is 57.7 Å². The van der Waals surface area contributed by atoms with Crippen LogP contribution in [0.5, 0.6) is 5.75 Å². The fraction of sp³-hybridized carbons (Fsp3) is 0.355. The van der Waals surface area contributed by atoms with Gasteiger partial charge < -0.3 is 9.47 Å². The molecule has 3 aromatic carbocycles. The van der Waals surface area contributed by atoms with Gasteiger partial charge in [0.25, 0.3) is 0 Å². The van der Waals surface area contributed by atoms with Crippen LogP contribution >= 0.6 is 0 Å². The third-order valence-electron chi connectivity index (χ3n) is 6.55. The molecule has 1 N–H and O–H groups in total. The molecular formula is C31H35NO4. The van der Waals surface area contributed by atoms with Gasteiger partial charge in [0.2, 0.25) is 0 Å². The number of amides is 1. The van der Waals surface area contributed by atoms with Gasteiger partial charge in [0.05, 0.1) is 5.69 Å². The molecular weight excluding hydrogens is 450 g/mol. The van der Waals surface area contributed by atoms with Crippen molar-refractivity contribution in [1.29, 1.82) is 0 Å². The average molecular weight is 486 g/mol. The third-order valence-corrected chi connectivity index (χ3v) is 6.55. The van der Waals surface area contributed by atoms with E-state index in [1.54, 1.807) is 6.07 Å². The number of carbonyl (C=O) groups is 2. The van der Waals surface area contributed by atoms with Gasteiger partial charge in [0.1, 0.15) is 6.61 Å². The number of hydrogen-bond acceptors (Lipinski definition) is 4. The topological polar surface area (TPSA) is 64.6 Å². The van der Waals surface area contributed by atoms with Crippen molar-refractivity contribution in [2.75, 3.05) is 11.9 Å². The second-order valence-corrected chi connectivity index (χ2v) is 10.9. The highest BCUT2D eigenvalue weighted by Crippen LogP contribution is 2.44. The molecule has 1 aliphatic carbocycles. The van der Waals surface area contributed by atoms with E-state index < -0.39 is 6.09 Å². The van der Waals surface area contributed by atoms with Crippen LogP contribution in [0.25, 0.3) is 11.1 Å². The van der Waals surface area contributed by atoms with Crippen LogP contribution in [0.1, 0.15) is 76.0 Å². The minimum absolute atomic E-state index is 0.0279. The lowest BCUT2D eigenvalue weighted by Gasteiger charge is -2.18. The molecule has 0 radical (unpaired) electrons. The maximum Gasteiger partial charge on any atom is 0.411 e. The largest absolute Gasteiger partial charge is 0.448 e. The normalized spacial score (nSPS) is 12.7. The van der Waals surface area contributed by atoms with Crippen LogP contribution in [0.15, 0.2) is 66.7 Å². The molecule has 5 heteroatoms. The molecule has 0 bridgehead atoms. The summed E-state index contributed by atoms with van der Waals surface area (Å²) < 4.78 is 11.3. The molecule has 3 aromatic rings. The predicted molar refractivity (Wildman–Crippen MR) is 144 cm³/mol. The maximum atomic E-state index is 12.9. The number of rotatable bonds is 7. The summed E-state index contributed by atoms with van der Waals surface area (Å²) in [5, 5.41) is 2.82. The van der Waals surface area contributed by atoms with Crippen LogP contribution in [0.4, 0.5) is 10.5 Å². The summed E-state index contributed by atoms with van der Waals surface area (Å²) in [6.07, 6.45) is 0.440. The van der Waals surface area contributed by atoms with Crippen molar-refractivity contribution >= 4 is 17.7 Å². The maximum absolute atomic E-state index is 12.9. The van der Waals surface area contributed by atoms with E-state index in [1.165, 1.54) is 11.1 Å². The molecule has 0 aliphatic heterocycles. The highest BCUT2D eigenvalue weighted by Gasteiger charge is 2.29. The van der Waals surface area contributed by atoms with E-state index in [0.717, 1.165) is 16.7 Å². The monoisotopic (exact) mass is 485 g/mol. The van der Waals surface area contributed by atoms with Crippen LogP contribution in [0, 0.1) is 5.41 Å². The van der Waals surface area contributed by atoms with E-state index in [9.17, 15) is 9.59 Å². The third kappa shape index (κ3) is 5.96. The number of anilines is 1. The van der Waals surface area contributed by atoms with Gasteiger partial charge >= 0.3 is 12.1 Å². The highest BCUT2D eigenvalue weighted by atomic mass is 16.6. The standard InChI is InChI=1S/C31H35NO4/c1-20(2)21-14-15-28(36-29(33)16-17-31(3,4)5)27(18-21)32-30(34)35-19-26-24-12-8-6-10-22(24)23-11-7-9-13-25(23)26/h6-15,18,20,26H,16-17,19H2,1-5H3,(H,32,34). The number of fused-ring (bicyclic) bond motifs is 3. The fourth-order valence-electron chi connectivity index (χ4n) is 4.49. The van der Waals surface area contributed by atoms with Crippen molar-refractivity contribution in [3.05, 3.63) is 83.4 Å². The van der Waals surface area contributed by atoms with Crippen LogP contribution in [0.3, 0.4) is 0 Å². The lowest BCUT2D eigenvalue weighted by molar-refractivity contribution is -0.134. The molecule has 0 fully saturated rings. The summed E-state index contributed by atoms with van der Waals surface area (Å²) in [6, 6.07) is 21.9. The van der Waals surface area contributed by atoms with Gasteiger partial charge in [-0.1, -0.05) is 89.2 Å². The first-order valence-electron chi connectivity index (χ1n) is 12.6. The number of benzene rings is 3. The predicted octanol–water partition coefficient (Wildman–Crippen LogP) is 7.90. The zero-order chi connectivity index (χ0) is 25.9. The minimum Gasteiger partial charge on any atom is -0.448 e. The first-order chi connectivity index (χ1) is 17.1. The van der Waals surface area contributed by atoms with E-state index in [0.29, 0.717) is 24.3 Å². The van der Waals surface area contributed by atoms with Crippen molar-refractivity contribution in [2.24, 2.45) is 5.41 Å². The van der Waals surface area contributed by atoms with Gasteiger partial charge in [-0.25, -0.2) is 4.79 Å². The molecule has 36 heavy (non-hydrogen) atoms. The molecule has 1 amide bonds. The Balaban J connectivity index is 1.47. The molecule has 4 rings (SSSR count). The molecule has 0 heterocycles. The smallest absolute Gasteiger partial charge is 0.411 e. The Morgan fingerprint density at radius 3 is 2.11 bits per heavy atom. The Hall–Kier alpha value is -3.60. The van der Waals surface area contributed by atoms with E-state index in [-0.39, 0.29) is 29.8 Å². The van der Waals surface area contributed by atoms with Crippen molar-refractivity contribution in [3.8, 4) is 16.9 Å². The average Bonchev–Trinajstić information content (AvgIpc) is 3.16. The quantitative estimate of drug-likeness (QED) is 0.273. The Morgan fingerprint density at radius 2 is 1.53 bits per heavy atom. The van der Waals surface area contributed by atoms with Gasteiger partial charge in [-0.3, -0.25) is 10.1 Å². The highest BCUT2D eigenvalue weighted by molar-refractivity contribution is 5.88. The molecule has 5 nitrogen and oxygen atoms in total. The minimum atomic E-state index is -0.579. The zero-order valence-corrected chi connectivity index (χ0v) is 21.8. The summed E-state index contributed by atoms with van der Waals surface area (Å²) in [5.41, 5.74) is 6.15. The second-order valence-electron chi connectivity index (χ2n) is 10.9. The number of carbonyl (C=O) groups excluding carboxylic acids is 2. The lowest BCUT2D eigenvalue weighted by Crippen LogP contribution is -2.19. The van der Waals surface area contributed by atoms with E-state index in [2.05, 4.69) is 64.2 Å². The molecule has 0 spiro atoms. The summed E-state index contributed by atoms with van der Waals surface area (Å²) in [5.74, 6) is 0.225. The lowest BCUT2D eigenvalue weighted by atomic mass is 9.91. The Bertz CT molecular complexity index is 1210. The Morgan fingerprint density at radius 1 is 0.917 bits per heavy atom. The van der Waals surface area contributed by atoms with Crippen LogP contribution in [-0.2, 0) is 9.53 Å². The molecule has 0 saturated heterocycles. The number of nitrogens with one attached hydrogen (secondary N) is 1. The first-order valence-corrected chi connectivity index (χ1v) is 12.6. The molecule has 0 saturated carbocycles. The Labute approximate surface area is 213 Å². The van der Waals surface area contributed by atoms with Crippen molar-refractivity contribution in [3.63, 3.8) is 0 Å². The summed E-state index contributed by atoms with van der Waals surface area (Å²) >= 11 is 0. The van der Waals surface area contributed by atoms with Gasteiger partial charge in [0, 0.05) is 12.3 Å². The van der Waals surface area contributed by atoms with Crippen LogP contribution in [-0.4, -0.2) is 18.7 Å².